The molecule has 0 aromatic heterocycles. The molecule has 3 aromatic rings. The number of hydrogen-bond acceptors (Lipinski definition) is 3. The first-order valence-corrected chi connectivity index (χ1v) is 10.8. The van der Waals surface area contributed by atoms with Crippen LogP contribution < -0.4 is 14.8 Å². The molecule has 0 aliphatic carbocycles. The molecule has 1 aliphatic rings. The smallest absolute Gasteiger partial charge is 0.416 e. The molecule has 4 nitrogen and oxygen atoms in total. The van der Waals surface area contributed by atoms with Gasteiger partial charge in [-0.15, -0.1) is 0 Å². The molecule has 1 aliphatic heterocycles. The fourth-order valence-corrected chi connectivity index (χ4v) is 3.89. The van der Waals surface area contributed by atoms with Crippen molar-refractivity contribution in [2.75, 3.05) is 12.4 Å². The van der Waals surface area contributed by atoms with Gasteiger partial charge >= 0.3 is 6.18 Å². The molecule has 0 atom stereocenters. The van der Waals surface area contributed by atoms with E-state index in [4.69, 9.17) is 9.47 Å². The van der Waals surface area contributed by atoms with E-state index >= 15 is 0 Å². The predicted octanol–water partition coefficient (Wildman–Crippen LogP) is 6.86. The highest BCUT2D eigenvalue weighted by molar-refractivity contribution is 9.10. The summed E-state index contributed by atoms with van der Waals surface area (Å²) in [5, 5.41) is 2.50. The molecule has 0 spiro atoms. The summed E-state index contributed by atoms with van der Waals surface area (Å²) < 4.78 is 51.0. The quantitative estimate of drug-likeness (QED) is 0.376. The average molecular weight is 518 g/mol. The molecule has 0 saturated heterocycles. The number of hydrogen-bond donors (Lipinski definition) is 1. The van der Waals surface area contributed by atoms with E-state index in [1.54, 1.807) is 18.2 Å². The van der Waals surface area contributed by atoms with E-state index in [2.05, 4.69) is 21.2 Å². The number of anilines is 1. The van der Waals surface area contributed by atoms with Crippen molar-refractivity contribution in [1.29, 1.82) is 0 Å². The molecule has 1 amide bonds. The topological polar surface area (TPSA) is 47.6 Å². The van der Waals surface area contributed by atoms with Crippen LogP contribution in [0.4, 0.5) is 18.9 Å². The lowest BCUT2D eigenvalue weighted by Crippen LogP contribution is -2.06. The van der Waals surface area contributed by atoms with Crippen molar-refractivity contribution in [2.24, 2.45) is 0 Å². The number of fused-ring (bicyclic) bond motifs is 1. The van der Waals surface area contributed by atoms with Crippen LogP contribution >= 0.6 is 15.9 Å². The highest BCUT2D eigenvalue weighted by Gasteiger charge is 2.33. The van der Waals surface area contributed by atoms with Crippen LogP contribution in [0.1, 0.15) is 27.8 Å². The molecular weight excluding hydrogens is 499 g/mol. The summed E-state index contributed by atoms with van der Waals surface area (Å²) in [6.45, 7) is 2.36. The summed E-state index contributed by atoms with van der Waals surface area (Å²) in [7, 11) is 1.51. The predicted molar refractivity (Wildman–Crippen MR) is 124 cm³/mol. The molecule has 0 bridgehead atoms. The number of benzene rings is 3. The minimum Gasteiger partial charge on any atom is -0.493 e. The van der Waals surface area contributed by atoms with Crippen molar-refractivity contribution in [3.05, 3.63) is 86.9 Å². The van der Waals surface area contributed by atoms with Crippen molar-refractivity contribution >= 4 is 39.2 Å². The summed E-state index contributed by atoms with van der Waals surface area (Å²) >= 11 is 3.49. The second kappa shape index (κ2) is 8.94. The Balaban J connectivity index is 1.63. The van der Waals surface area contributed by atoms with Crippen molar-refractivity contribution in [1.82, 2.24) is 0 Å². The van der Waals surface area contributed by atoms with Gasteiger partial charge in [-0.25, -0.2) is 0 Å². The van der Waals surface area contributed by atoms with Crippen LogP contribution in [0.15, 0.2) is 59.1 Å². The third-order valence-corrected chi connectivity index (χ3v) is 5.91. The molecule has 0 fully saturated rings. The zero-order valence-corrected chi connectivity index (χ0v) is 19.3. The van der Waals surface area contributed by atoms with Gasteiger partial charge in [0.1, 0.15) is 6.61 Å². The second-order valence-corrected chi connectivity index (χ2v) is 8.42. The van der Waals surface area contributed by atoms with Gasteiger partial charge < -0.3 is 14.8 Å². The summed E-state index contributed by atoms with van der Waals surface area (Å²) in [5.74, 6) is 0.497. The van der Waals surface area contributed by atoms with Crippen LogP contribution in [0, 0.1) is 6.92 Å². The van der Waals surface area contributed by atoms with Crippen molar-refractivity contribution in [3.63, 3.8) is 0 Å². The molecule has 1 N–H and O–H groups in total. The molecule has 8 heteroatoms. The molecule has 0 unspecified atom stereocenters. The molecule has 1 heterocycles. The van der Waals surface area contributed by atoms with Gasteiger partial charge in [0.05, 0.1) is 12.7 Å². The number of carbonyl (C=O) groups excluding carboxylic acids is 1. The second-order valence-electron chi connectivity index (χ2n) is 7.57. The van der Waals surface area contributed by atoms with Crippen LogP contribution in [0.5, 0.6) is 11.5 Å². The minimum atomic E-state index is -4.49. The first-order valence-electron chi connectivity index (χ1n) is 9.96. The Morgan fingerprint density at radius 1 is 1.03 bits per heavy atom. The van der Waals surface area contributed by atoms with Gasteiger partial charge in [0, 0.05) is 21.3 Å². The summed E-state index contributed by atoms with van der Waals surface area (Å²) in [6, 6.07) is 14.6. The Morgan fingerprint density at radius 3 is 2.42 bits per heavy atom. The molecule has 0 saturated carbocycles. The Morgan fingerprint density at radius 2 is 1.76 bits per heavy atom. The van der Waals surface area contributed by atoms with Crippen molar-refractivity contribution in [3.8, 4) is 11.5 Å². The van der Waals surface area contributed by atoms with Gasteiger partial charge in [0.2, 0.25) is 0 Å². The molecular formula is C25H19BrF3NO3. The third-order valence-electron chi connectivity index (χ3n) is 5.23. The van der Waals surface area contributed by atoms with E-state index in [-0.39, 0.29) is 11.3 Å². The van der Waals surface area contributed by atoms with Gasteiger partial charge in [-0.2, -0.15) is 13.2 Å². The van der Waals surface area contributed by atoms with Gasteiger partial charge in [-0.05, 0) is 48.4 Å². The third kappa shape index (κ3) is 4.90. The zero-order chi connectivity index (χ0) is 23.8. The van der Waals surface area contributed by atoms with Gasteiger partial charge in [0.25, 0.3) is 5.91 Å². The van der Waals surface area contributed by atoms with E-state index in [1.165, 1.54) is 13.2 Å². The molecule has 3 aromatic carbocycles. The number of methoxy groups -OCH3 is 1. The van der Waals surface area contributed by atoms with Crippen molar-refractivity contribution in [2.45, 2.75) is 19.7 Å². The number of ether oxygens (including phenoxy) is 2. The molecule has 33 heavy (non-hydrogen) atoms. The van der Waals surface area contributed by atoms with Crippen LogP contribution in [0.25, 0.3) is 11.6 Å². The number of alkyl halides is 3. The summed E-state index contributed by atoms with van der Waals surface area (Å²) in [5.41, 5.74) is 2.75. The fourth-order valence-electron chi connectivity index (χ4n) is 3.45. The minimum absolute atomic E-state index is 0.127. The molecule has 0 radical (unpaired) electrons. The maximum Gasteiger partial charge on any atom is 0.416 e. The van der Waals surface area contributed by atoms with E-state index in [0.717, 1.165) is 23.3 Å². The standard InChI is InChI=1S/C25H19BrF3NO3/c1-14-3-5-15(6-4-14)13-33-23-12-20(26)16(10-22(23)32-2)9-19-18-8-7-17(25(27,28)29)11-21(18)30-24(19)31/h3-12H,13H2,1-2H3,(H,30,31)/b19-9-. The zero-order valence-electron chi connectivity index (χ0n) is 17.7. The number of rotatable bonds is 5. The van der Waals surface area contributed by atoms with E-state index in [9.17, 15) is 18.0 Å². The monoisotopic (exact) mass is 517 g/mol. The Hall–Kier alpha value is -3.26. The number of amides is 1. The maximum absolute atomic E-state index is 13.0. The van der Waals surface area contributed by atoms with Gasteiger partial charge in [-0.1, -0.05) is 51.8 Å². The average Bonchev–Trinajstić information content (AvgIpc) is 3.08. The van der Waals surface area contributed by atoms with Gasteiger partial charge in [0.15, 0.2) is 11.5 Å². The summed E-state index contributed by atoms with van der Waals surface area (Å²) in [6.07, 6.45) is -2.89. The van der Waals surface area contributed by atoms with Crippen molar-refractivity contribution < 1.29 is 27.4 Å². The van der Waals surface area contributed by atoms with E-state index < -0.39 is 17.6 Å². The van der Waals surface area contributed by atoms with Crippen LogP contribution in [0.2, 0.25) is 0 Å². The van der Waals surface area contributed by atoms with E-state index in [1.807, 2.05) is 31.2 Å². The molecule has 4 rings (SSSR count). The lowest BCUT2D eigenvalue weighted by Gasteiger charge is -2.13. The number of halogens is 4. The largest absolute Gasteiger partial charge is 0.493 e. The fraction of sp³-hybridized carbons (Fsp3) is 0.160. The lowest BCUT2D eigenvalue weighted by atomic mass is 10.0. The highest BCUT2D eigenvalue weighted by atomic mass is 79.9. The van der Waals surface area contributed by atoms with Crippen LogP contribution in [0.3, 0.4) is 0 Å². The Kier molecular flexibility index (Phi) is 6.21. The number of nitrogens with one attached hydrogen (secondary N) is 1. The lowest BCUT2D eigenvalue weighted by molar-refractivity contribution is -0.137. The number of carbonyl (C=O) groups is 1. The first-order chi connectivity index (χ1) is 15.7. The molecule has 170 valence electrons. The summed E-state index contributed by atoms with van der Waals surface area (Å²) in [4.78, 5) is 12.5. The highest BCUT2D eigenvalue weighted by Crippen LogP contribution is 2.40. The van der Waals surface area contributed by atoms with E-state index in [0.29, 0.717) is 33.7 Å². The SMILES string of the molecule is COc1cc(/C=C2\C(=O)Nc3cc(C(F)(F)F)ccc32)c(Br)cc1OCc1ccc(C)cc1. The van der Waals surface area contributed by atoms with Gasteiger partial charge in [-0.3, -0.25) is 4.79 Å². The Bertz CT molecular complexity index is 1250. The Labute approximate surface area is 197 Å². The maximum atomic E-state index is 13.0. The number of aryl methyl sites for hydroxylation is 1. The van der Waals surface area contributed by atoms with Crippen LogP contribution in [-0.2, 0) is 17.6 Å². The normalized spacial score (nSPS) is 14.2. The first kappa shape index (κ1) is 22.9. The van der Waals surface area contributed by atoms with Crippen LogP contribution in [-0.4, -0.2) is 13.0 Å².